The predicted octanol–water partition coefficient (Wildman–Crippen LogP) is 3.66. The van der Waals surface area contributed by atoms with E-state index in [0.29, 0.717) is 22.9 Å². The third-order valence-electron chi connectivity index (χ3n) is 3.12. The molecule has 4 nitrogen and oxygen atoms in total. The number of aromatic nitrogens is 1. The van der Waals surface area contributed by atoms with Crippen molar-refractivity contribution in [1.29, 1.82) is 0 Å². The van der Waals surface area contributed by atoms with Crippen LogP contribution in [0.2, 0.25) is 5.02 Å². The number of carbonyl (C=O) groups excluding carboxylic acids is 1. The second kappa shape index (κ2) is 7.09. The van der Waals surface area contributed by atoms with E-state index in [1.165, 1.54) is 0 Å². The zero-order chi connectivity index (χ0) is 15.2. The number of anilines is 1. The Hall–Kier alpha value is -2.07. The Morgan fingerprint density at radius 1 is 1.29 bits per heavy atom. The number of pyridine rings is 1. The molecular weight excluding hydrogens is 286 g/mol. The first-order valence-electron chi connectivity index (χ1n) is 6.87. The van der Waals surface area contributed by atoms with Gasteiger partial charge in [0.25, 0.3) is 5.91 Å². The average Bonchev–Trinajstić information content (AvgIpc) is 2.48. The largest absolute Gasteiger partial charge is 0.370 e. The maximum absolute atomic E-state index is 12.4. The highest BCUT2D eigenvalue weighted by Gasteiger charge is 2.16. The Balaban J connectivity index is 2.17. The molecule has 1 unspecified atom stereocenters. The second-order valence-corrected chi connectivity index (χ2v) is 5.05. The van der Waals surface area contributed by atoms with Crippen LogP contribution in [0.1, 0.15) is 35.8 Å². The van der Waals surface area contributed by atoms with E-state index < -0.39 is 0 Å². The van der Waals surface area contributed by atoms with Gasteiger partial charge in [0.05, 0.1) is 11.6 Å². The molecule has 21 heavy (non-hydrogen) atoms. The van der Waals surface area contributed by atoms with Crippen LogP contribution in [0, 0.1) is 0 Å². The van der Waals surface area contributed by atoms with E-state index in [-0.39, 0.29) is 11.9 Å². The smallest absolute Gasteiger partial charge is 0.255 e. The normalized spacial score (nSPS) is 11.8. The van der Waals surface area contributed by atoms with Gasteiger partial charge in [-0.25, -0.2) is 4.98 Å². The van der Waals surface area contributed by atoms with Gasteiger partial charge in [0.2, 0.25) is 0 Å². The maximum Gasteiger partial charge on any atom is 0.255 e. The molecule has 0 aliphatic heterocycles. The molecule has 1 amide bonds. The topological polar surface area (TPSA) is 54.0 Å². The van der Waals surface area contributed by atoms with Crippen LogP contribution >= 0.6 is 11.6 Å². The molecule has 1 heterocycles. The fourth-order valence-corrected chi connectivity index (χ4v) is 2.37. The van der Waals surface area contributed by atoms with Gasteiger partial charge in [-0.2, -0.15) is 0 Å². The lowest BCUT2D eigenvalue weighted by atomic mass is 10.1. The number of nitrogens with one attached hydrogen (secondary N) is 2. The van der Waals surface area contributed by atoms with Gasteiger partial charge in [-0.1, -0.05) is 29.8 Å². The SMILES string of the molecule is CCNc1ncccc1C(=O)NC(C)c1ccccc1Cl. The standard InChI is InChI=1S/C16H18ClN3O/c1-3-18-15-13(8-6-10-19-15)16(21)20-11(2)12-7-4-5-9-14(12)17/h4-11H,3H2,1-2H3,(H,18,19)(H,20,21). The molecular formula is C16H18ClN3O. The summed E-state index contributed by atoms with van der Waals surface area (Å²) in [4.78, 5) is 16.6. The van der Waals surface area contributed by atoms with Gasteiger partial charge < -0.3 is 10.6 Å². The Morgan fingerprint density at radius 2 is 2.05 bits per heavy atom. The number of nitrogens with zero attached hydrogens (tertiary/aromatic N) is 1. The van der Waals surface area contributed by atoms with Gasteiger partial charge in [-0.3, -0.25) is 4.79 Å². The third-order valence-corrected chi connectivity index (χ3v) is 3.46. The number of amides is 1. The lowest BCUT2D eigenvalue weighted by molar-refractivity contribution is 0.0940. The predicted molar refractivity (Wildman–Crippen MR) is 85.7 cm³/mol. The first kappa shape index (κ1) is 15.3. The van der Waals surface area contributed by atoms with Crippen LogP contribution in [0.25, 0.3) is 0 Å². The van der Waals surface area contributed by atoms with Gasteiger partial charge in [0.1, 0.15) is 5.82 Å². The quantitative estimate of drug-likeness (QED) is 0.886. The molecule has 0 fully saturated rings. The third kappa shape index (κ3) is 3.73. The Kier molecular flexibility index (Phi) is 5.17. The summed E-state index contributed by atoms with van der Waals surface area (Å²) in [6.45, 7) is 4.57. The van der Waals surface area contributed by atoms with Crippen molar-refractivity contribution in [3.63, 3.8) is 0 Å². The molecule has 0 aliphatic rings. The first-order valence-corrected chi connectivity index (χ1v) is 7.25. The Labute approximate surface area is 129 Å². The van der Waals surface area contributed by atoms with E-state index >= 15 is 0 Å². The van der Waals surface area contributed by atoms with Gasteiger partial charge >= 0.3 is 0 Å². The molecule has 5 heteroatoms. The van der Waals surface area contributed by atoms with Crippen molar-refractivity contribution >= 4 is 23.3 Å². The minimum atomic E-state index is -0.180. The van der Waals surface area contributed by atoms with E-state index in [4.69, 9.17) is 11.6 Å². The molecule has 110 valence electrons. The molecule has 0 radical (unpaired) electrons. The van der Waals surface area contributed by atoms with Crippen molar-refractivity contribution in [2.24, 2.45) is 0 Å². The van der Waals surface area contributed by atoms with Gasteiger partial charge in [-0.05, 0) is 37.6 Å². The van der Waals surface area contributed by atoms with E-state index in [9.17, 15) is 4.79 Å². The number of rotatable bonds is 5. The highest BCUT2D eigenvalue weighted by molar-refractivity contribution is 6.31. The van der Waals surface area contributed by atoms with E-state index in [0.717, 1.165) is 5.56 Å². The maximum atomic E-state index is 12.4. The van der Waals surface area contributed by atoms with Crippen LogP contribution in [0.4, 0.5) is 5.82 Å². The monoisotopic (exact) mass is 303 g/mol. The van der Waals surface area contributed by atoms with Gasteiger partial charge in [0.15, 0.2) is 0 Å². The molecule has 0 saturated carbocycles. The van der Waals surface area contributed by atoms with Crippen LogP contribution in [0.15, 0.2) is 42.6 Å². The van der Waals surface area contributed by atoms with Crippen molar-refractivity contribution in [1.82, 2.24) is 10.3 Å². The summed E-state index contributed by atoms with van der Waals surface area (Å²) in [5.41, 5.74) is 1.42. The molecule has 1 aromatic carbocycles. The van der Waals surface area contributed by atoms with Crippen molar-refractivity contribution in [2.45, 2.75) is 19.9 Å². The summed E-state index contributed by atoms with van der Waals surface area (Å²) in [5.74, 6) is 0.412. The van der Waals surface area contributed by atoms with Crippen LogP contribution in [-0.2, 0) is 0 Å². The van der Waals surface area contributed by atoms with Crippen molar-refractivity contribution in [2.75, 3.05) is 11.9 Å². The molecule has 2 rings (SSSR count). The van der Waals surface area contributed by atoms with Crippen molar-refractivity contribution < 1.29 is 4.79 Å². The Morgan fingerprint density at radius 3 is 2.76 bits per heavy atom. The highest BCUT2D eigenvalue weighted by atomic mass is 35.5. The minimum absolute atomic E-state index is 0.175. The molecule has 1 aromatic heterocycles. The van der Waals surface area contributed by atoms with E-state index in [1.807, 2.05) is 38.1 Å². The molecule has 2 N–H and O–H groups in total. The number of carbonyl (C=O) groups is 1. The fraction of sp³-hybridized carbons (Fsp3) is 0.250. The summed E-state index contributed by atoms with van der Waals surface area (Å²) >= 11 is 6.15. The number of hydrogen-bond acceptors (Lipinski definition) is 3. The molecule has 1 atom stereocenters. The highest BCUT2D eigenvalue weighted by Crippen LogP contribution is 2.23. The second-order valence-electron chi connectivity index (χ2n) is 4.65. The molecule has 0 saturated heterocycles. The number of halogens is 1. The summed E-state index contributed by atoms with van der Waals surface area (Å²) in [5, 5.41) is 6.67. The molecule has 2 aromatic rings. The average molecular weight is 304 g/mol. The van der Waals surface area contributed by atoms with Crippen LogP contribution < -0.4 is 10.6 Å². The van der Waals surface area contributed by atoms with Crippen LogP contribution in [0.3, 0.4) is 0 Å². The summed E-state index contributed by atoms with van der Waals surface area (Å²) in [7, 11) is 0. The lowest BCUT2D eigenvalue weighted by Gasteiger charge is -2.17. The molecule has 0 aliphatic carbocycles. The first-order chi connectivity index (χ1) is 10.1. The summed E-state index contributed by atoms with van der Waals surface area (Å²) in [6, 6.07) is 10.8. The molecule has 0 spiro atoms. The number of benzene rings is 1. The van der Waals surface area contributed by atoms with E-state index in [2.05, 4.69) is 15.6 Å². The minimum Gasteiger partial charge on any atom is -0.370 e. The Bertz CT molecular complexity index is 630. The van der Waals surface area contributed by atoms with Crippen LogP contribution in [0.5, 0.6) is 0 Å². The summed E-state index contributed by atoms with van der Waals surface area (Å²) in [6.07, 6.45) is 1.66. The zero-order valence-corrected chi connectivity index (χ0v) is 12.8. The zero-order valence-electron chi connectivity index (χ0n) is 12.1. The summed E-state index contributed by atoms with van der Waals surface area (Å²) < 4.78 is 0. The molecule has 0 bridgehead atoms. The van der Waals surface area contributed by atoms with Crippen LogP contribution in [-0.4, -0.2) is 17.4 Å². The van der Waals surface area contributed by atoms with Crippen molar-refractivity contribution in [3.05, 3.63) is 58.7 Å². The fourth-order valence-electron chi connectivity index (χ4n) is 2.08. The number of hydrogen-bond donors (Lipinski definition) is 2. The van der Waals surface area contributed by atoms with Gasteiger partial charge in [-0.15, -0.1) is 0 Å². The lowest BCUT2D eigenvalue weighted by Crippen LogP contribution is -2.27. The van der Waals surface area contributed by atoms with Crippen molar-refractivity contribution in [3.8, 4) is 0 Å². The van der Waals surface area contributed by atoms with Gasteiger partial charge in [0, 0.05) is 17.8 Å². The van der Waals surface area contributed by atoms with E-state index in [1.54, 1.807) is 18.3 Å².